The van der Waals surface area contributed by atoms with E-state index in [0.717, 1.165) is 59.6 Å². The number of rotatable bonds is 11. The number of aromatic hydroxyl groups is 1. The van der Waals surface area contributed by atoms with E-state index in [-0.39, 0.29) is 17.8 Å². The number of hydrogen-bond acceptors (Lipinski definition) is 6. The number of benzene rings is 4. The lowest BCUT2D eigenvalue weighted by Crippen LogP contribution is -2.39. The van der Waals surface area contributed by atoms with Gasteiger partial charge in [0.05, 0.1) is 5.69 Å². The summed E-state index contributed by atoms with van der Waals surface area (Å²) < 4.78 is 5.73. The molecule has 0 radical (unpaired) electrons. The van der Waals surface area contributed by atoms with E-state index in [9.17, 15) is 14.7 Å². The number of hydrogen-bond donors (Lipinski definition) is 4. The largest absolute Gasteiger partial charge is 0.508 e. The molecule has 43 heavy (non-hydrogen) atoms. The lowest BCUT2D eigenvalue weighted by atomic mass is 10.0. The molecule has 1 saturated heterocycles. The minimum atomic E-state index is -0.444. The van der Waals surface area contributed by atoms with Gasteiger partial charge in [0.2, 0.25) is 5.91 Å². The van der Waals surface area contributed by atoms with E-state index >= 15 is 0 Å². The van der Waals surface area contributed by atoms with Crippen molar-refractivity contribution in [3.8, 4) is 16.9 Å². The van der Waals surface area contributed by atoms with Crippen LogP contribution in [0.2, 0.25) is 0 Å². The molecule has 1 aliphatic heterocycles. The number of anilines is 2. The molecule has 5 rings (SSSR count). The Bertz CT molecular complexity index is 1470. The molecule has 4 aromatic carbocycles. The van der Waals surface area contributed by atoms with Crippen molar-refractivity contribution >= 4 is 23.4 Å². The molecule has 0 unspecified atom stereocenters. The van der Waals surface area contributed by atoms with Crippen molar-refractivity contribution < 1.29 is 19.4 Å². The summed E-state index contributed by atoms with van der Waals surface area (Å²) in [6.07, 6.45) is 1.27. The van der Waals surface area contributed by atoms with Crippen LogP contribution in [-0.2, 0) is 22.6 Å². The second-order valence-corrected chi connectivity index (χ2v) is 10.7. The number of carbonyl (C=O) groups excluding carboxylic acids is 2. The van der Waals surface area contributed by atoms with E-state index in [1.54, 1.807) is 12.1 Å². The fourth-order valence-corrected chi connectivity index (χ4v) is 5.16. The standard InChI is InChI=1S/C35H38N4O4/c40-30-16-12-27(13-17-30)25-36-24-26-10-14-29(15-11-26)37-34(41)20-23-39-21-18-31(19-22-39)43-35(42)38-33-9-5-4-8-32(33)28-6-2-1-3-7-28/h1-17,31,36,40H,18-25H2,(H,37,41)(H,38,42). The zero-order valence-electron chi connectivity index (χ0n) is 24.2. The summed E-state index contributed by atoms with van der Waals surface area (Å²) in [5.41, 5.74) is 5.70. The van der Waals surface area contributed by atoms with E-state index in [2.05, 4.69) is 20.9 Å². The average molecular weight is 579 g/mol. The molecule has 1 aliphatic rings. The maximum atomic E-state index is 12.7. The van der Waals surface area contributed by atoms with Crippen molar-refractivity contribution in [2.45, 2.75) is 38.5 Å². The van der Waals surface area contributed by atoms with Gasteiger partial charge in [0.1, 0.15) is 11.9 Å². The van der Waals surface area contributed by atoms with Gasteiger partial charge in [-0.05, 0) is 59.9 Å². The van der Waals surface area contributed by atoms with Crippen LogP contribution in [0.1, 0.15) is 30.4 Å². The molecule has 4 aromatic rings. The van der Waals surface area contributed by atoms with E-state index in [4.69, 9.17) is 4.74 Å². The van der Waals surface area contributed by atoms with Gasteiger partial charge in [0.25, 0.3) is 0 Å². The highest BCUT2D eigenvalue weighted by atomic mass is 16.6. The first-order chi connectivity index (χ1) is 21.0. The molecule has 0 spiro atoms. The highest BCUT2D eigenvalue weighted by molar-refractivity contribution is 5.92. The fourth-order valence-electron chi connectivity index (χ4n) is 5.16. The normalized spacial score (nSPS) is 13.8. The number of carbonyl (C=O) groups is 2. The summed E-state index contributed by atoms with van der Waals surface area (Å²) >= 11 is 0. The number of likely N-dealkylation sites (tertiary alicyclic amines) is 1. The molecule has 0 atom stereocenters. The number of phenols is 1. The molecule has 2 amide bonds. The molecule has 1 fully saturated rings. The van der Waals surface area contributed by atoms with Gasteiger partial charge >= 0.3 is 6.09 Å². The molecule has 8 heteroatoms. The number of piperidine rings is 1. The first-order valence-corrected chi connectivity index (χ1v) is 14.7. The highest BCUT2D eigenvalue weighted by Crippen LogP contribution is 2.28. The van der Waals surface area contributed by atoms with Crippen molar-refractivity contribution in [2.75, 3.05) is 30.3 Å². The summed E-state index contributed by atoms with van der Waals surface area (Å²) in [6.45, 7) is 3.62. The quantitative estimate of drug-likeness (QED) is 0.165. The van der Waals surface area contributed by atoms with E-state index in [0.29, 0.717) is 26.1 Å². The van der Waals surface area contributed by atoms with Crippen LogP contribution < -0.4 is 16.0 Å². The minimum Gasteiger partial charge on any atom is -0.508 e. The summed E-state index contributed by atoms with van der Waals surface area (Å²) in [7, 11) is 0. The van der Waals surface area contributed by atoms with Crippen LogP contribution in [0.15, 0.2) is 103 Å². The van der Waals surface area contributed by atoms with E-state index < -0.39 is 6.09 Å². The van der Waals surface area contributed by atoms with Crippen molar-refractivity contribution in [1.29, 1.82) is 0 Å². The van der Waals surface area contributed by atoms with Crippen molar-refractivity contribution in [3.63, 3.8) is 0 Å². The molecule has 8 nitrogen and oxygen atoms in total. The third kappa shape index (κ3) is 9.16. The Balaban J connectivity index is 0.981. The Morgan fingerprint density at radius 1 is 0.767 bits per heavy atom. The predicted molar refractivity (Wildman–Crippen MR) is 170 cm³/mol. The summed E-state index contributed by atoms with van der Waals surface area (Å²) in [5.74, 6) is 0.243. The monoisotopic (exact) mass is 578 g/mol. The Morgan fingerprint density at radius 2 is 1.40 bits per heavy atom. The molecule has 0 bridgehead atoms. The van der Waals surface area contributed by atoms with Gasteiger partial charge in [-0.15, -0.1) is 0 Å². The fraction of sp³-hybridized carbons (Fsp3) is 0.257. The number of para-hydroxylation sites is 1. The van der Waals surface area contributed by atoms with Gasteiger partial charge in [0.15, 0.2) is 0 Å². The van der Waals surface area contributed by atoms with E-state index in [1.807, 2.05) is 91.0 Å². The summed E-state index contributed by atoms with van der Waals surface area (Å²) in [4.78, 5) is 27.5. The first-order valence-electron chi connectivity index (χ1n) is 14.7. The number of phenolic OH excluding ortho intramolecular Hbond substituents is 1. The molecule has 0 aromatic heterocycles. The summed E-state index contributed by atoms with van der Waals surface area (Å²) in [6, 6.07) is 32.6. The Morgan fingerprint density at radius 3 is 2.09 bits per heavy atom. The lowest BCUT2D eigenvalue weighted by molar-refractivity contribution is -0.116. The highest BCUT2D eigenvalue weighted by Gasteiger charge is 2.23. The van der Waals surface area contributed by atoms with Crippen molar-refractivity contribution in [3.05, 3.63) is 114 Å². The first kappa shape index (κ1) is 29.8. The minimum absolute atomic E-state index is 0.0203. The molecule has 222 valence electrons. The van der Waals surface area contributed by atoms with Gasteiger partial charge < -0.3 is 25.4 Å². The van der Waals surface area contributed by atoms with Crippen LogP contribution in [0.25, 0.3) is 11.1 Å². The number of amides is 2. The second-order valence-electron chi connectivity index (χ2n) is 10.7. The third-order valence-electron chi connectivity index (χ3n) is 7.54. The molecule has 0 saturated carbocycles. The maximum Gasteiger partial charge on any atom is 0.411 e. The van der Waals surface area contributed by atoms with Gasteiger partial charge in [0, 0.05) is 50.4 Å². The van der Waals surface area contributed by atoms with Gasteiger partial charge in [-0.2, -0.15) is 0 Å². The number of ether oxygens (including phenoxy) is 1. The maximum absolute atomic E-state index is 12.7. The molecule has 0 aliphatic carbocycles. The van der Waals surface area contributed by atoms with Crippen LogP contribution in [-0.4, -0.2) is 47.7 Å². The second kappa shape index (κ2) is 15.0. The zero-order valence-corrected chi connectivity index (χ0v) is 24.2. The Kier molecular flexibility index (Phi) is 10.4. The number of nitrogens with zero attached hydrogens (tertiary/aromatic N) is 1. The SMILES string of the molecule is O=C(CCN1CCC(OC(=O)Nc2ccccc2-c2ccccc2)CC1)Nc1ccc(CNCc2ccc(O)cc2)cc1. The van der Waals surface area contributed by atoms with Crippen molar-refractivity contribution in [2.24, 2.45) is 0 Å². The third-order valence-corrected chi connectivity index (χ3v) is 7.54. The van der Waals surface area contributed by atoms with Crippen LogP contribution in [0.5, 0.6) is 5.75 Å². The number of nitrogens with one attached hydrogen (secondary N) is 3. The molecular formula is C35H38N4O4. The Labute approximate surface area is 252 Å². The zero-order chi connectivity index (χ0) is 29.9. The topological polar surface area (TPSA) is 103 Å². The lowest BCUT2D eigenvalue weighted by Gasteiger charge is -2.31. The van der Waals surface area contributed by atoms with Crippen LogP contribution in [0.4, 0.5) is 16.2 Å². The molecule has 4 N–H and O–H groups in total. The van der Waals surface area contributed by atoms with Crippen LogP contribution in [0, 0.1) is 0 Å². The molecule has 1 heterocycles. The Hall–Kier alpha value is -4.66. The van der Waals surface area contributed by atoms with Crippen LogP contribution in [0.3, 0.4) is 0 Å². The molecular weight excluding hydrogens is 540 g/mol. The van der Waals surface area contributed by atoms with Crippen molar-refractivity contribution in [1.82, 2.24) is 10.2 Å². The average Bonchev–Trinajstić information content (AvgIpc) is 3.03. The van der Waals surface area contributed by atoms with Gasteiger partial charge in [-0.25, -0.2) is 4.79 Å². The van der Waals surface area contributed by atoms with E-state index in [1.165, 1.54) is 0 Å². The van der Waals surface area contributed by atoms with Gasteiger partial charge in [-0.1, -0.05) is 72.8 Å². The van der Waals surface area contributed by atoms with Crippen LogP contribution >= 0.6 is 0 Å². The predicted octanol–water partition coefficient (Wildman–Crippen LogP) is 6.39. The summed E-state index contributed by atoms with van der Waals surface area (Å²) in [5, 5.41) is 18.7. The smallest absolute Gasteiger partial charge is 0.411 e. The van der Waals surface area contributed by atoms with Gasteiger partial charge in [-0.3, -0.25) is 10.1 Å².